The highest BCUT2D eigenvalue weighted by Crippen LogP contribution is 2.41. The highest BCUT2D eigenvalue weighted by molar-refractivity contribution is 5.95. The summed E-state index contributed by atoms with van der Waals surface area (Å²) in [6, 6.07) is 19.6. The molecule has 5 heteroatoms. The summed E-state index contributed by atoms with van der Waals surface area (Å²) in [5.74, 6) is 2.17. The summed E-state index contributed by atoms with van der Waals surface area (Å²) in [4.78, 5) is 15.6. The maximum atomic E-state index is 13.6. The lowest BCUT2D eigenvalue weighted by Crippen LogP contribution is -2.40. The predicted octanol–water partition coefficient (Wildman–Crippen LogP) is 5.06. The van der Waals surface area contributed by atoms with Gasteiger partial charge in [0, 0.05) is 12.1 Å². The van der Waals surface area contributed by atoms with Crippen LogP contribution >= 0.6 is 0 Å². The third-order valence-corrected chi connectivity index (χ3v) is 6.18. The Morgan fingerprint density at radius 3 is 2.16 bits per heavy atom. The minimum absolute atomic E-state index is 0.0221. The van der Waals surface area contributed by atoms with Crippen LogP contribution in [0, 0.1) is 0 Å². The Kier molecular flexibility index (Phi) is 6.35. The monoisotopic (exact) mass is 431 g/mol. The van der Waals surface area contributed by atoms with Crippen molar-refractivity contribution in [1.29, 1.82) is 0 Å². The van der Waals surface area contributed by atoms with Crippen LogP contribution < -0.4 is 14.2 Å². The molecule has 0 radical (unpaired) electrons. The largest absolute Gasteiger partial charge is 0.497 e. The topological polar surface area (TPSA) is 48.0 Å². The summed E-state index contributed by atoms with van der Waals surface area (Å²) in [5.41, 5.74) is 5.16. The van der Waals surface area contributed by atoms with Crippen LogP contribution in [0.25, 0.3) is 0 Å². The van der Waals surface area contributed by atoms with E-state index in [9.17, 15) is 4.79 Å². The van der Waals surface area contributed by atoms with Crippen LogP contribution in [-0.4, -0.2) is 38.7 Å². The number of fused-ring (bicyclic) bond motifs is 1. The zero-order valence-corrected chi connectivity index (χ0v) is 19.1. The quantitative estimate of drug-likeness (QED) is 0.547. The average molecular weight is 432 g/mol. The van der Waals surface area contributed by atoms with Crippen molar-refractivity contribution in [2.75, 3.05) is 27.9 Å². The number of hydrogen-bond acceptors (Lipinski definition) is 4. The Balaban J connectivity index is 1.81. The maximum Gasteiger partial charge on any atom is 0.254 e. The van der Waals surface area contributed by atoms with Crippen LogP contribution in [0.15, 0.2) is 60.7 Å². The minimum atomic E-state index is -0.234. The maximum absolute atomic E-state index is 13.6. The molecule has 32 heavy (non-hydrogen) atoms. The molecule has 1 atom stereocenters. The molecule has 1 aliphatic rings. The van der Waals surface area contributed by atoms with Gasteiger partial charge in [-0.15, -0.1) is 0 Å². The summed E-state index contributed by atoms with van der Waals surface area (Å²) < 4.78 is 16.4. The molecule has 166 valence electrons. The van der Waals surface area contributed by atoms with Crippen molar-refractivity contribution >= 4 is 5.91 Å². The molecule has 0 aliphatic carbocycles. The molecule has 0 fully saturated rings. The molecule has 0 aromatic heterocycles. The fourth-order valence-corrected chi connectivity index (χ4v) is 4.36. The number of benzene rings is 3. The first kappa shape index (κ1) is 21.8. The number of aryl methyl sites for hydroxylation is 1. The number of ether oxygens (including phenoxy) is 3. The number of carbonyl (C=O) groups is 1. The van der Waals surface area contributed by atoms with Gasteiger partial charge in [0.1, 0.15) is 5.75 Å². The molecular weight excluding hydrogens is 402 g/mol. The van der Waals surface area contributed by atoms with Crippen LogP contribution in [0.2, 0.25) is 0 Å². The molecule has 5 nitrogen and oxygen atoms in total. The third-order valence-electron chi connectivity index (χ3n) is 6.18. The Bertz CT molecular complexity index is 1090. The summed E-state index contributed by atoms with van der Waals surface area (Å²) in [7, 11) is 4.93. The van der Waals surface area contributed by atoms with Gasteiger partial charge in [0.05, 0.1) is 27.4 Å². The fourth-order valence-electron chi connectivity index (χ4n) is 4.36. The van der Waals surface area contributed by atoms with Crippen LogP contribution in [0.5, 0.6) is 17.2 Å². The molecule has 0 N–H and O–H groups in total. The van der Waals surface area contributed by atoms with E-state index in [1.165, 1.54) is 5.56 Å². The first-order valence-corrected chi connectivity index (χ1v) is 10.9. The van der Waals surface area contributed by atoms with Crippen molar-refractivity contribution in [3.63, 3.8) is 0 Å². The van der Waals surface area contributed by atoms with E-state index in [1.54, 1.807) is 21.3 Å². The van der Waals surface area contributed by atoms with E-state index in [-0.39, 0.29) is 11.9 Å². The second-order valence-corrected chi connectivity index (χ2v) is 7.88. The van der Waals surface area contributed by atoms with Gasteiger partial charge < -0.3 is 19.1 Å². The van der Waals surface area contributed by atoms with Crippen LogP contribution in [0.1, 0.15) is 45.6 Å². The van der Waals surface area contributed by atoms with Gasteiger partial charge in [-0.25, -0.2) is 0 Å². The fraction of sp³-hybridized carbons (Fsp3) is 0.296. The second kappa shape index (κ2) is 9.35. The Labute approximate surface area is 189 Å². The molecule has 3 aromatic carbocycles. The third kappa shape index (κ3) is 4.03. The second-order valence-electron chi connectivity index (χ2n) is 7.88. The van der Waals surface area contributed by atoms with Gasteiger partial charge >= 0.3 is 0 Å². The van der Waals surface area contributed by atoms with Crippen molar-refractivity contribution in [2.45, 2.75) is 25.8 Å². The first-order valence-electron chi connectivity index (χ1n) is 10.9. The number of rotatable bonds is 6. The van der Waals surface area contributed by atoms with E-state index in [2.05, 4.69) is 6.92 Å². The van der Waals surface area contributed by atoms with Crippen molar-refractivity contribution in [2.24, 2.45) is 0 Å². The SMILES string of the molecule is CCc1ccc(C(=O)N2CCc3cc(OC)c(OC)cc3[C@H]2c2ccc(OC)cc2)cc1. The van der Waals surface area contributed by atoms with Crippen molar-refractivity contribution in [1.82, 2.24) is 4.90 Å². The van der Waals surface area contributed by atoms with Gasteiger partial charge in [0.25, 0.3) is 5.91 Å². The Morgan fingerprint density at radius 2 is 1.56 bits per heavy atom. The normalized spacial score (nSPS) is 15.1. The summed E-state index contributed by atoms with van der Waals surface area (Å²) in [6.45, 7) is 2.73. The predicted molar refractivity (Wildman–Crippen MR) is 125 cm³/mol. The molecule has 1 amide bonds. The molecule has 3 aromatic rings. The number of carbonyl (C=O) groups excluding carboxylic acids is 1. The smallest absolute Gasteiger partial charge is 0.254 e. The van der Waals surface area contributed by atoms with Crippen molar-refractivity contribution < 1.29 is 19.0 Å². The van der Waals surface area contributed by atoms with E-state index < -0.39 is 0 Å². The molecular formula is C27H29NO4. The zero-order chi connectivity index (χ0) is 22.7. The lowest BCUT2D eigenvalue weighted by Gasteiger charge is -2.38. The lowest BCUT2D eigenvalue weighted by atomic mass is 9.87. The van der Waals surface area contributed by atoms with Crippen LogP contribution in [0.4, 0.5) is 0 Å². The van der Waals surface area contributed by atoms with E-state index in [0.717, 1.165) is 35.3 Å². The highest BCUT2D eigenvalue weighted by atomic mass is 16.5. The molecule has 0 unspecified atom stereocenters. The zero-order valence-electron chi connectivity index (χ0n) is 19.1. The molecule has 0 saturated carbocycles. The number of methoxy groups -OCH3 is 3. The number of hydrogen-bond donors (Lipinski definition) is 0. The number of nitrogens with zero attached hydrogens (tertiary/aromatic N) is 1. The molecule has 1 aliphatic heterocycles. The van der Waals surface area contributed by atoms with Crippen molar-refractivity contribution in [3.05, 3.63) is 88.5 Å². The van der Waals surface area contributed by atoms with Gasteiger partial charge in [-0.05, 0) is 71.5 Å². The lowest BCUT2D eigenvalue weighted by molar-refractivity contribution is 0.0694. The Morgan fingerprint density at radius 1 is 0.906 bits per heavy atom. The number of amides is 1. The molecule has 0 saturated heterocycles. The molecule has 1 heterocycles. The van der Waals surface area contributed by atoms with Gasteiger partial charge in [-0.3, -0.25) is 4.79 Å². The van der Waals surface area contributed by atoms with Gasteiger partial charge in [-0.2, -0.15) is 0 Å². The first-order chi connectivity index (χ1) is 15.6. The molecule has 0 spiro atoms. The minimum Gasteiger partial charge on any atom is -0.497 e. The van der Waals surface area contributed by atoms with Gasteiger partial charge in [-0.1, -0.05) is 31.2 Å². The van der Waals surface area contributed by atoms with Gasteiger partial charge in [0.15, 0.2) is 11.5 Å². The van der Waals surface area contributed by atoms with Gasteiger partial charge in [0.2, 0.25) is 0 Å². The molecule has 4 rings (SSSR count). The highest BCUT2D eigenvalue weighted by Gasteiger charge is 2.34. The Hall–Kier alpha value is -3.47. The van der Waals surface area contributed by atoms with E-state index >= 15 is 0 Å². The van der Waals surface area contributed by atoms with E-state index in [4.69, 9.17) is 14.2 Å². The van der Waals surface area contributed by atoms with Crippen LogP contribution in [0.3, 0.4) is 0 Å². The van der Waals surface area contributed by atoms with E-state index in [1.807, 2.05) is 65.6 Å². The average Bonchev–Trinajstić information content (AvgIpc) is 2.86. The summed E-state index contributed by atoms with van der Waals surface area (Å²) >= 11 is 0. The molecule has 0 bridgehead atoms. The summed E-state index contributed by atoms with van der Waals surface area (Å²) in [6.07, 6.45) is 1.70. The van der Waals surface area contributed by atoms with E-state index in [0.29, 0.717) is 23.6 Å². The standard InChI is InChI=1S/C27H29NO4/c1-5-18-6-8-20(9-7-18)27(29)28-15-14-21-16-24(31-3)25(32-4)17-23(21)26(28)19-10-12-22(30-2)13-11-19/h6-13,16-17,26H,5,14-15H2,1-4H3/t26-/m1/s1. The van der Waals surface area contributed by atoms with Crippen molar-refractivity contribution in [3.8, 4) is 17.2 Å². The summed E-state index contributed by atoms with van der Waals surface area (Å²) in [5, 5.41) is 0. The van der Waals surface area contributed by atoms with Crippen LogP contribution in [-0.2, 0) is 12.8 Å².